The maximum Gasteiger partial charge on any atom is 0.490 e. The number of carboxylic acids is 1. The molecule has 30 heavy (non-hydrogen) atoms. The molecule has 0 heterocycles. The summed E-state index contributed by atoms with van der Waals surface area (Å²) in [6.45, 7) is 0.953. The van der Waals surface area contributed by atoms with E-state index < -0.39 is 18.2 Å². The Morgan fingerprint density at radius 2 is 1.67 bits per heavy atom. The molecule has 0 saturated carbocycles. The minimum absolute atomic E-state index is 0.184. The molecule has 0 aliphatic heterocycles. The summed E-state index contributed by atoms with van der Waals surface area (Å²) in [5.74, 6) is -3.00. The van der Waals surface area contributed by atoms with Crippen LogP contribution in [0.2, 0.25) is 0 Å². The van der Waals surface area contributed by atoms with Gasteiger partial charge in [-0.1, -0.05) is 36.4 Å². The Kier molecular flexibility index (Phi) is 9.83. The Labute approximate surface area is 169 Å². The summed E-state index contributed by atoms with van der Waals surface area (Å²) in [5, 5.41) is 12.4. The number of ether oxygens (including phenoxy) is 1. The first-order chi connectivity index (χ1) is 14.1. The summed E-state index contributed by atoms with van der Waals surface area (Å²) < 4.78 is 36.9. The van der Waals surface area contributed by atoms with Crippen molar-refractivity contribution in [2.75, 3.05) is 18.4 Å². The molecule has 8 nitrogen and oxygen atoms in total. The molecular weight excluding hydrogens is 407 g/mol. The highest BCUT2D eigenvalue weighted by molar-refractivity contribution is 5.96. The fourth-order valence-electron chi connectivity index (χ4n) is 1.90. The monoisotopic (exact) mass is 427 g/mol. The predicted molar refractivity (Wildman–Crippen MR) is 102 cm³/mol. The molecule has 0 aromatic heterocycles. The fraction of sp³-hybridized carbons (Fsp3) is 0.211. The van der Waals surface area contributed by atoms with E-state index in [1.165, 1.54) is 0 Å². The van der Waals surface area contributed by atoms with E-state index in [-0.39, 0.29) is 12.5 Å². The van der Waals surface area contributed by atoms with Gasteiger partial charge in [0.15, 0.2) is 0 Å². The first-order valence-electron chi connectivity index (χ1n) is 8.49. The Balaban J connectivity index is 0.000000553. The molecule has 0 unspecified atom stereocenters. The molecule has 2 rings (SSSR count). The Bertz CT molecular complexity index is 845. The largest absolute Gasteiger partial charge is 0.490 e. The number of hydrogen-bond acceptors (Lipinski definition) is 5. The van der Waals surface area contributed by atoms with Crippen LogP contribution in [0, 0.1) is 0 Å². The number of amides is 2. The van der Waals surface area contributed by atoms with E-state index in [4.69, 9.17) is 20.4 Å². The average Bonchev–Trinajstić information content (AvgIpc) is 2.71. The van der Waals surface area contributed by atoms with Crippen LogP contribution in [0.15, 0.2) is 54.6 Å². The molecule has 0 spiro atoms. The lowest BCUT2D eigenvalue weighted by Gasteiger charge is -2.09. The Morgan fingerprint density at radius 1 is 1.03 bits per heavy atom. The summed E-state index contributed by atoms with van der Waals surface area (Å²) in [6.07, 6.45) is -5.66. The highest BCUT2D eigenvalue weighted by atomic mass is 19.4. The standard InChI is InChI=1S/C17H19N3O3.C2HF3O2/c18-9-10-19-16(21)14-7-4-8-15(11-14)20-17(22)23-12-13-5-2-1-3-6-13;3-2(4,5)1(6)7/h1-8,11H,9-10,12,18H2,(H,19,21)(H,20,22);(H,6,7). The molecule has 0 fully saturated rings. The van der Waals surface area contributed by atoms with Crippen LogP contribution in [0.3, 0.4) is 0 Å². The smallest absolute Gasteiger partial charge is 0.475 e. The molecule has 0 saturated heterocycles. The predicted octanol–water partition coefficient (Wildman–Crippen LogP) is 2.76. The van der Waals surface area contributed by atoms with Gasteiger partial charge in [-0.15, -0.1) is 0 Å². The van der Waals surface area contributed by atoms with E-state index in [9.17, 15) is 22.8 Å². The summed E-state index contributed by atoms with van der Waals surface area (Å²) in [6, 6.07) is 16.0. The average molecular weight is 427 g/mol. The fourth-order valence-corrected chi connectivity index (χ4v) is 1.90. The molecule has 5 N–H and O–H groups in total. The summed E-state index contributed by atoms with van der Waals surface area (Å²) >= 11 is 0. The van der Waals surface area contributed by atoms with Crippen molar-refractivity contribution in [1.82, 2.24) is 5.32 Å². The maximum absolute atomic E-state index is 11.8. The second-order valence-electron chi connectivity index (χ2n) is 5.62. The number of anilines is 1. The molecule has 162 valence electrons. The number of halogens is 3. The van der Waals surface area contributed by atoms with Gasteiger partial charge in [0.25, 0.3) is 5.91 Å². The van der Waals surface area contributed by atoms with Gasteiger partial charge in [-0.2, -0.15) is 13.2 Å². The molecule has 0 atom stereocenters. The number of nitrogens with one attached hydrogen (secondary N) is 2. The van der Waals surface area contributed by atoms with Gasteiger partial charge >= 0.3 is 18.2 Å². The van der Waals surface area contributed by atoms with Gasteiger partial charge in [0.05, 0.1) is 0 Å². The summed E-state index contributed by atoms with van der Waals surface area (Å²) in [7, 11) is 0. The van der Waals surface area contributed by atoms with Crippen molar-refractivity contribution in [2.45, 2.75) is 12.8 Å². The number of carboxylic acid groups (broad SMARTS) is 1. The zero-order chi connectivity index (χ0) is 22.6. The van der Waals surface area contributed by atoms with E-state index in [0.29, 0.717) is 24.3 Å². The maximum atomic E-state index is 11.8. The van der Waals surface area contributed by atoms with Gasteiger partial charge in [-0.25, -0.2) is 9.59 Å². The van der Waals surface area contributed by atoms with Gasteiger partial charge in [0.2, 0.25) is 0 Å². The minimum Gasteiger partial charge on any atom is -0.475 e. The lowest BCUT2D eigenvalue weighted by atomic mass is 10.2. The van der Waals surface area contributed by atoms with E-state index in [0.717, 1.165) is 5.56 Å². The quantitative estimate of drug-likeness (QED) is 0.561. The SMILES string of the molecule is NCCNC(=O)c1cccc(NC(=O)OCc2ccccc2)c1.O=C(O)C(F)(F)F. The van der Waals surface area contributed by atoms with E-state index in [1.54, 1.807) is 24.3 Å². The number of benzene rings is 2. The van der Waals surface area contributed by atoms with Crippen LogP contribution in [0.5, 0.6) is 0 Å². The Hall–Kier alpha value is -3.60. The van der Waals surface area contributed by atoms with Crippen molar-refractivity contribution in [3.05, 3.63) is 65.7 Å². The second-order valence-corrected chi connectivity index (χ2v) is 5.62. The lowest BCUT2D eigenvalue weighted by molar-refractivity contribution is -0.192. The zero-order valence-electron chi connectivity index (χ0n) is 15.6. The van der Waals surface area contributed by atoms with Crippen molar-refractivity contribution in [1.29, 1.82) is 0 Å². The van der Waals surface area contributed by atoms with Crippen molar-refractivity contribution in [2.24, 2.45) is 5.73 Å². The van der Waals surface area contributed by atoms with Gasteiger partial charge in [0.1, 0.15) is 6.61 Å². The number of rotatable bonds is 6. The molecule has 0 aliphatic rings. The number of hydrogen-bond donors (Lipinski definition) is 4. The summed E-state index contributed by atoms with van der Waals surface area (Å²) in [4.78, 5) is 32.5. The first-order valence-corrected chi connectivity index (χ1v) is 8.49. The van der Waals surface area contributed by atoms with E-state index in [1.807, 2.05) is 30.3 Å². The molecule has 2 aromatic rings. The van der Waals surface area contributed by atoms with Gasteiger partial charge < -0.3 is 20.9 Å². The van der Waals surface area contributed by atoms with Crippen LogP contribution in [-0.4, -0.2) is 42.3 Å². The van der Waals surface area contributed by atoms with Crippen molar-refractivity contribution < 1.29 is 37.4 Å². The highest BCUT2D eigenvalue weighted by Gasteiger charge is 2.38. The third kappa shape index (κ3) is 9.55. The van der Waals surface area contributed by atoms with E-state index in [2.05, 4.69) is 10.6 Å². The van der Waals surface area contributed by atoms with Crippen LogP contribution >= 0.6 is 0 Å². The number of carbonyl (C=O) groups excluding carboxylic acids is 2. The Morgan fingerprint density at radius 3 is 2.23 bits per heavy atom. The highest BCUT2D eigenvalue weighted by Crippen LogP contribution is 2.13. The van der Waals surface area contributed by atoms with Crippen molar-refractivity contribution in [3.63, 3.8) is 0 Å². The van der Waals surface area contributed by atoms with Gasteiger partial charge in [-0.3, -0.25) is 10.1 Å². The van der Waals surface area contributed by atoms with Gasteiger partial charge in [0, 0.05) is 24.3 Å². The van der Waals surface area contributed by atoms with Crippen LogP contribution in [0.4, 0.5) is 23.7 Å². The lowest BCUT2D eigenvalue weighted by Crippen LogP contribution is -2.29. The zero-order valence-corrected chi connectivity index (χ0v) is 15.6. The van der Waals surface area contributed by atoms with Crippen molar-refractivity contribution >= 4 is 23.7 Å². The van der Waals surface area contributed by atoms with E-state index >= 15 is 0 Å². The molecule has 11 heteroatoms. The van der Waals surface area contributed by atoms with Crippen LogP contribution < -0.4 is 16.4 Å². The number of alkyl halides is 3. The molecule has 0 aliphatic carbocycles. The van der Waals surface area contributed by atoms with Crippen LogP contribution in [-0.2, 0) is 16.1 Å². The minimum atomic E-state index is -5.08. The van der Waals surface area contributed by atoms with Gasteiger partial charge in [-0.05, 0) is 23.8 Å². The molecule has 2 aromatic carbocycles. The third-order valence-corrected chi connectivity index (χ3v) is 3.26. The number of aliphatic carboxylic acids is 1. The van der Waals surface area contributed by atoms with Crippen LogP contribution in [0.25, 0.3) is 0 Å². The second kappa shape index (κ2) is 12.1. The normalized spacial score (nSPS) is 10.3. The number of nitrogens with two attached hydrogens (primary N) is 1. The molecule has 0 radical (unpaired) electrons. The topological polar surface area (TPSA) is 131 Å². The summed E-state index contributed by atoms with van der Waals surface area (Å²) in [5.41, 5.74) is 7.18. The first kappa shape index (κ1) is 24.4. The van der Waals surface area contributed by atoms with Crippen molar-refractivity contribution in [3.8, 4) is 0 Å². The van der Waals surface area contributed by atoms with Crippen LogP contribution in [0.1, 0.15) is 15.9 Å². The third-order valence-electron chi connectivity index (χ3n) is 3.26. The molecule has 2 amide bonds. The molecular formula is C19H20F3N3O5. The molecule has 0 bridgehead atoms. The number of carbonyl (C=O) groups is 3.